The molecule has 1 fully saturated rings. The lowest BCUT2D eigenvalue weighted by atomic mass is 9.91. The number of nitrogens with zero attached hydrogens (tertiary/aromatic N) is 4. The molecule has 1 aliphatic heterocycles. The largest absolute Gasteiger partial charge is 0.353 e. The van der Waals surface area contributed by atoms with Crippen LogP contribution in [0.1, 0.15) is 13.8 Å². The van der Waals surface area contributed by atoms with Crippen LogP contribution in [0.15, 0.2) is 53.3 Å². The number of carbonyl (C=O) groups is 1. The first-order valence-electron chi connectivity index (χ1n) is 11.7. The number of hydrogen-bond donors (Lipinski definition) is 3. The van der Waals surface area contributed by atoms with Gasteiger partial charge in [0.25, 0.3) is 0 Å². The van der Waals surface area contributed by atoms with Crippen molar-refractivity contribution < 1.29 is 4.79 Å². The summed E-state index contributed by atoms with van der Waals surface area (Å²) in [7, 11) is 0. The highest BCUT2D eigenvalue weighted by Gasteiger charge is 2.44. The summed E-state index contributed by atoms with van der Waals surface area (Å²) < 4.78 is 2.71. The molecule has 0 unspecified atom stereocenters. The van der Waals surface area contributed by atoms with Gasteiger partial charge in [0.05, 0.1) is 11.3 Å². The zero-order valence-electron chi connectivity index (χ0n) is 19.8. The normalized spacial score (nSPS) is 14.6. The number of nitrogens with one attached hydrogen (secondary N) is 3. The number of aromatic nitrogens is 4. The molecule has 0 radical (unpaired) electrons. The van der Waals surface area contributed by atoms with Crippen molar-refractivity contribution in [1.29, 1.82) is 0 Å². The topological polar surface area (TPSA) is 105 Å². The second-order valence-corrected chi connectivity index (χ2v) is 9.47. The molecule has 11 heteroatoms. The van der Waals surface area contributed by atoms with Gasteiger partial charge >= 0.3 is 5.69 Å². The Kier molecular flexibility index (Phi) is 6.57. The number of rotatable bonds is 7. The summed E-state index contributed by atoms with van der Waals surface area (Å²) in [5.41, 5.74) is 1.94. The Bertz CT molecular complexity index is 1490. The number of hydrogen-bond acceptors (Lipinski definition) is 6. The van der Waals surface area contributed by atoms with Crippen LogP contribution in [0.25, 0.3) is 28.0 Å². The van der Waals surface area contributed by atoms with E-state index < -0.39 is 11.2 Å². The summed E-state index contributed by atoms with van der Waals surface area (Å²) in [6.07, 6.45) is 0. The number of anilines is 1. The van der Waals surface area contributed by atoms with Crippen LogP contribution in [-0.2, 0) is 11.3 Å². The van der Waals surface area contributed by atoms with Crippen molar-refractivity contribution in [3.05, 3.63) is 69.1 Å². The van der Waals surface area contributed by atoms with Gasteiger partial charge in [-0.15, -0.1) is 5.10 Å². The van der Waals surface area contributed by atoms with E-state index in [1.165, 1.54) is 9.08 Å². The number of carbonyl (C=O) groups excluding carboxylic acids is 1. The number of benzene rings is 2. The molecule has 3 heterocycles. The predicted molar refractivity (Wildman–Crippen MR) is 142 cm³/mol. The summed E-state index contributed by atoms with van der Waals surface area (Å²) in [6, 6.07) is 14.5. The van der Waals surface area contributed by atoms with Crippen LogP contribution in [0, 0.1) is 0 Å². The smallest absolute Gasteiger partial charge is 0.312 e. The first-order chi connectivity index (χ1) is 17.4. The molecule has 0 atom stereocenters. The third-order valence-electron chi connectivity index (χ3n) is 6.31. The minimum Gasteiger partial charge on any atom is -0.312 e. The van der Waals surface area contributed by atoms with Gasteiger partial charge in [0.2, 0.25) is 11.9 Å². The first kappa shape index (κ1) is 24.5. The molecule has 3 N–H and O–H groups in total. The van der Waals surface area contributed by atoms with Gasteiger partial charge in [-0.25, -0.2) is 18.9 Å². The van der Waals surface area contributed by atoms with Gasteiger partial charge in [0.1, 0.15) is 5.54 Å². The highest BCUT2D eigenvalue weighted by molar-refractivity contribution is 6.31. The Hall–Kier alpha value is -3.24. The maximum atomic E-state index is 13.4. The second-order valence-electron chi connectivity index (χ2n) is 8.60. The standard InChI is InChI=1S/C25H25Cl2N7O2/c1-3-29-25(13-28-14-25)22(35)31-23-30-20(16-7-11-18(27)12-8-16)19(15-5-9-17(26)10-6-15)21-32-33(4-2)24(36)34(21)23/h5-12,28-29H,3-4,13-14H2,1-2H3,(H,30,31,35). The molecule has 0 bridgehead atoms. The van der Waals surface area contributed by atoms with E-state index in [1.54, 1.807) is 24.3 Å². The van der Waals surface area contributed by atoms with Crippen LogP contribution in [-0.4, -0.2) is 50.2 Å². The SMILES string of the molecule is CCNC1(C(=O)Nc2nc(-c3ccc(Cl)cc3)c(-c3ccc(Cl)cc3)c3nn(CC)c(=O)n23)CNC1. The summed E-state index contributed by atoms with van der Waals surface area (Å²) in [5.74, 6) is -0.166. The maximum Gasteiger partial charge on any atom is 0.353 e. The lowest BCUT2D eigenvalue weighted by Gasteiger charge is -2.41. The van der Waals surface area contributed by atoms with Crippen LogP contribution < -0.4 is 21.6 Å². The van der Waals surface area contributed by atoms with Crippen molar-refractivity contribution in [3.63, 3.8) is 0 Å². The van der Waals surface area contributed by atoms with Crippen molar-refractivity contribution in [2.75, 3.05) is 25.0 Å². The molecule has 1 aliphatic rings. The summed E-state index contributed by atoms with van der Waals surface area (Å²) >= 11 is 12.3. The van der Waals surface area contributed by atoms with Crippen LogP contribution in [0.2, 0.25) is 10.0 Å². The molecule has 4 aromatic rings. The van der Waals surface area contributed by atoms with E-state index in [9.17, 15) is 9.59 Å². The van der Waals surface area contributed by atoms with Crippen LogP contribution in [0.4, 0.5) is 5.95 Å². The summed E-state index contributed by atoms with van der Waals surface area (Å²) in [6.45, 7) is 5.71. The fraction of sp³-hybridized carbons (Fsp3) is 0.280. The third-order valence-corrected chi connectivity index (χ3v) is 6.81. The van der Waals surface area contributed by atoms with E-state index in [2.05, 4.69) is 21.0 Å². The van der Waals surface area contributed by atoms with E-state index >= 15 is 0 Å². The van der Waals surface area contributed by atoms with E-state index in [4.69, 9.17) is 28.2 Å². The number of halogens is 2. The molecule has 5 rings (SSSR count). The Balaban J connectivity index is 1.78. The molecule has 2 aromatic carbocycles. The average molecular weight is 526 g/mol. The van der Waals surface area contributed by atoms with Crippen molar-refractivity contribution in [2.45, 2.75) is 25.9 Å². The molecule has 0 saturated carbocycles. The zero-order chi connectivity index (χ0) is 25.4. The van der Waals surface area contributed by atoms with Gasteiger partial charge in [-0.2, -0.15) is 0 Å². The van der Waals surface area contributed by atoms with Gasteiger partial charge < -0.3 is 10.6 Å². The fourth-order valence-corrected chi connectivity index (χ4v) is 4.62. The van der Waals surface area contributed by atoms with Crippen molar-refractivity contribution in [3.8, 4) is 22.4 Å². The molecule has 0 spiro atoms. The molecule has 9 nitrogen and oxygen atoms in total. The molecule has 36 heavy (non-hydrogen) atoms. The maximum absolute atomic E-state index is 13.4. The number of amides is 1. The Morgan fingerprint density at radius 2 is 1.64 bits per heavy atom. The lowest BCUT2D eigenvalue weighted by Crippen LogP contribution is -2.73. The Labute approximate surface area is 217 Å². The van der Waals surface area contributed by atoms with Crippen molar-refractivity contribution >= 4 is 40.7 Å². The lowest BCUT2D eigenvalue weighted by molar-refractivity contribution is -0.124. The van der Waals surface area contributed by atoms with Crippen LogP contribution in [0.3, 0.4) is 0 Å². The quantitative estimate of drug-likeness (QED) is 0.341. The van der Waals surface area contributed by atoms with E-state index in [0.29, 0.717) is 53.1 Å². The molecule has 1 saturated heterocycles. The molecule has 2 aromatic heterocycles. The second kappa shape index (κ2) is 9.67. The average Bonchev–Trinajstić information content (AvgIpc) is 3.18. The van der Waals surface area contributed by atoms with Gasteiger partial charge in [-0.3, -0.25) is 10.1 Å². The van der Waals surface area contributed by atoms with Gasteiger partial charge in [0, 0.05) is 35.2 Å². The van der Waals surface area contributed by atoms with Gasteiger partial charge in [-0.05, 0) is 43.3 Å². The monoisotopic (exact) mass is 525 g/mol. The van der Waals surface area contributed by atoms with E-state index in [0.717, 1.165) is 11.1 Å². The number of fused-ring (bicyclic) bond motifs is 1. The highest BCUT2D eigenvalue weighted by atomic mass is 35.5. The van der Waals surface area contributed by atoms with Crippen molar-refractivity contribution in [2.24, 2.45) is 0 Å². The van der Waals surface area contributed by atoms with E-state index in [1.807, 2.05) is 38.1 Å². The highest BCUT2D eigenvalue weighted by Crippen LogP contribution is 2.36. The minimum absolute atomic E-state index is 0.103. The first-order valence-corrected chi connectivity index (χ1v) is 12.4. The third kappa shape index (κ3) is 4.18. The Morgan fingerprint density at radius 1 is 1.03 bits per heavy atom. The molecule has 186 valence electrons. The van der Waals surface area contributed by atoms with Crippen LogP contribution >= 0.6 is 23.2 Å². The Morgan fingerprint density at radius 3 is 2.17 bits per heavy atom. The molecule has 1 amide bonds. The molecule has 0 aliphatic carbocycles. The zero-order valence-corrected chi connectivity index (χ0v) is 21.3. The fourth-order valence-electron chi connectivity index (χ4n) is 4.37. The molecular weight excluding hydrogens is 501 g/mol. The number of aryl methyl sites for hydroxylation is 1. The summed E-state index contributed by atoms with van der Waals surface area (Å²) in [4.78, 5) is 31.6. The van der Waals surface area contributed by atoms with Crippen LogP contribution in [0.5, 0.6) is 0 Å². The van der Waals surface area contributed by atoms with Gasteiger partial charge in [0.15, 0.2) is 5.65 Å². The van der Waals surface area contributed by atoms with E-state index in [-0.39, 0.29) is 11.9 Å². The van der Waals surface area contributed by atoms with Gasteiger partial charge in [-0.1, -0.05) is 54.4 Å². The predicted octanol–water partition coefficient (Wildman–Crippen LogP) is 3.44. The number of likely N-dealkylation sites (N-methyl/N-ethyl adjacent to an activating group) is 1. The molecular formula is C25H25Cl2N7O2. The minimum atomic E-state index is -0.775. The van der Waals surface area contributed by atoms with Crippen molar-refractivity contribution in [1.82, 2.24) is 29.8 Å². The summed E-state index contributed by atoms with van der Waals surface area (Å²) in [5, 5.41) is 15.1.